The SMILES string of the molecule is c1ccc(-n2c3ccccc3c3cc(-c4ccn(-c5cccc(Oc6ccc7c8cccnc8n8ccnc8c7c6)c5)n4)ccc32)cc1. The summed E-state index contributed by atoms with van der Waals surface area (Å²) in [6.07, 6.45) is 7.56. The van der Waals surface area contributed by atoms with Gasteiger partial charge in [-0.1, -0.05) is 48.5 Å². The van der Waals surface area contributed by atoms with Crippen molar-refractivity contribution >= 4 is 49.3 Å². The summed E-state index contributed by atoms with van der Waals surface area (Å²) in [5.74, 6) is 1.46. The first-order chi connectivity index (χ1) is 23.8. The maximum Gasteiger partial charge on any atom is 0.146 e. The Kier molecular flexibility index (Phi) is 5.74. The van der Waals surface area contributed by atoms with Gasteiger partial charge >= 0.3 is 0 Å². The van der Waals surface area contributed by atoms with E-state index < -0.39 is 0 Å². The molecule has 5 aromatic heterocycles. The number of aromatic nitrogens is 6. The van der Waals surface area contributed by atoms with Crippen molar-refractivity contribution in [2.45, 2.75) is 0 Å². The first-order valence-corrected chi connectivity index (χ1v) is 15.8. The Morgan fingerprint density at radius 2 is 1.27 bits per heavy atom. The van der Waals surface area contributed by atoms with Gasteiger partial charge in [-0.2, -0.15) is 5.10 Å². The summed E-state index contributed by atoms with van der Waals surface area (Å²) in [4.78, 5) is 9.23. The molecule has 0 fully saturated rings. The zero-order valence-corrected chi connectivity index (χ0v) is 25.6. The number of hydrogen-bond donors (Lipinski definition) is 0. The molecular weight excluding hydrogens is 592 g/mol. The van der Waals surface area contributed by atoms with E-state index >= 15 is 0 Å². The fourth-order valence-corrected chi connectivity index (χ4v) is 6.91. The van der Waals surface area contributed by atoms with Crippen LogP contribution in [-0.4, -0.2) is 28.7 Å². The zero-order chi connectivity index (χ0) is 31.6. The average molecular weight is 619 g/mol. The van der Waals surface area contributed by atoms with Crippen LogP contribution in [0, 0.1) is 0 Å². The fourth-order valence-electron chi connectivity index (χ4n) is 6.91. The van der Waals surface area contributed by atoms with Crippen LogP contribution in [0.25, 0.3) is 71.9 Å². The molecular formula is C41H26N6O. The molecule has 5 heterocycles. The van der Waals surface area contributed by atoms with Gasteiger partial charge in [0.2, 0.25) is 0 Å². The highest BCUT2D eigenvalue weighted by molar-refractivity contribution is 6.11. The first-order valence-electron chi connectivity index (χ1n) is 15.8. The number of benzene rings is 5. The largest absolute Gasteiger partial charge is 0.457 e. The number of hydrogen-bond acceptors (Lipinski definition) is 4. The second-order valence-corrected chi connectivity index (χ2v) is 11.9. The number of fused-ring (bicyclic) bond motifs is 9. The molecule has 0 saturated heterocycles. The van der Waals surface area contributed by atoms with Crippen molar-refractivity contribution in [1.29, 1.82) is 0 Å². The Morgan fingerprint density at radius 1 is 0.479 bits per heavy atom. The molecule has 0 atom stereocenters. The van der Waals surface area contributed by atoms with E-state index in [2.05, 4.69) is 106 Å². The standard InChI is InChI=1S/C41H26N6O/c1-2-8-28(9-3-1)47-38-14-5-4-12-33(38)35-24-27(15-18-39(35)47)37-19-22-46(44-37)29-10-6-11-30(25-29)48-31-16-17-32-34-13-7-20-42-40(34)45-23-21-43-41(45)36(32)26-31/h1-26H. The maximum atomic E-state index is 6.41. The highest BCUT2D eigenvalue weighted by atomic mass is 16.5. The summed E-state index contributed by atoms with van der Waals surface area (Å²) in [5.41, 5.74) is 8.11. The third-order valence-electron chi connectivity index (χ3n) is 9.07. The van der Waals surface area contributed by atoms with E-state index in [1.54, 1.807) is 6.20 Å². The lowest BCUT2D eigenvalue weighted by Crippen LogP contribution is -1.96. The lowest BCUT2D eigenvalue weighted by Gasteiger charge is -2.11. The number of para-hydroxylation sites is 2. The predicted octanol–water partition coefficient (Wildman–Crippen LogP) is 9.78. The highest BCUT2D eigenvalue weighted by Crippen LogP contribution is 2.36. The minimum absolute atomic E-state index is 0.723. The summed E-state index contributed by atoms with van der Waals surface area (Å²) in [6, 6.07) is 45.9. The molecule has 7 nitrogen and oxygen atoms in total. The van der Waals surface area contributed by atoms with Gasteiger partial charge in [-0.15, -0.1) is 0 Å². The van der Waals surface area contributed by atoms with Crippen LogP contribution < -0.4 is 4.74 Å². The lowest BCUT2D eigenvalue weighted by atomic mass is 10.1. The van der Waals surface area contributed by atoms with Crippen molar-refractivity contribution in [1.82, 2.24) is 28.7 Å². The molecule has 0 aliphatic carbocycles. The Hall–Kier alpha value is -6.73. The quantitative estimate of drug-likeness (QED) is 0.180. The summed E-state index contributed by atoms with van der Waals surface area (Å²) in [6.45, 7) is 0. The zero-order valence-electron chi connectivity index (χ0n) is 25.6. The molecule has 0 aliphatic rings. The van der Waals surface area contributed by atoms with Gasteiger partial charge in [0.05, 0.1) is 22.4 Å². The fraction of sp³-hybridized carbons (Fsp3) is 0. The van der Waals surface area contributed by atoms with Crippen molar-refractivity contribution < 1.29 is 4.74 Å². The Bertz CT molecular complexity index is 2830. The number of pyridine rings is 2. The van der Waals surface area contributed by atoms with Crippen LogP contribution in [0.5, 0.6) is 11.5 Å². The highest BCUT2D eigenvalue weighted by Gasteiger charge is 2.15. The molecule has 0 radical (unpaired) electrons. The molecule has 10 aromatic rings. The molecule has 5 aromatic carbocycles. The van der Waals surface area contributed by atoms with Crippen molar-refractivity contribution in [2.24, 2.45) is 0 Å². The van der Waals surface area contributed by atoms with Gasteiger partial charge in [0.15, 0.2) is 0 Å². The number of nitrogens with zero attached hydrogens (tertiary/aromatic N) is 6. The second-order valence-electron chi connectivity index (χ2n) is 11.9. The average Bonchev–Trinajstić information content (AvgIpc) is 3.91. The normalized spacial score (nSPS) is 11.8. The second kappa shape index (κ2) is 10.4. The van der Waals surface area contributed by atoms with Gasteiger partial charge in [0, 0.05) is 63.6 Å². The summed E-state index contributed by atoms with van der Waals surface area (Å²) >= 11 is 0. The van der Waals surface area contributed by atoms with E-state index in [1.165, 1.54) is 21.8 Å². The summed E-state index contributed by atoms with van der Waals surface area (Å²) in [5, 5.41) is 10.6. The van der Waals surface area contributed by atoms with Gasteiger partial charge in [-0.05, 0) is 84.2 Å². The van der Waals surface area contributed by atoms with Crippen LogP contribution in [0.15, 0.2) is 158 Å². The molecule has 226 valence electrons. The van der Waals surface area contributed by atoms with Gasteiger partial charge in [0.1, 0.15) is 22.8 Å². The van der Waals surface area contributed by atoms with Crippen LogP contribution in [0.2, 0.25) is 0 Å². The molecule has 0 amide bonds. The summed E-state index contributed by atoms with van der Waals surface area (Å²) < 4.78 is 12.7. The van der Waals surface area contributed by atoms with E-state index in [4.69, 9.17) is 9.84 Å². The van der Waals surface area contributed by atoms with Crippen molar-refractivity contribution in [2.75, 3.05) is 0 Å². The monoisotopic (exact) mass is 618 g/mol. The van der Waals surface area contributed by atoms with Crippen LogP contribution >= 0.6 is 0 Å². The van der Waals surface area contributed by atoms with Gasteiger partial charge in [-0.25, -0.2) is 14.6 Å². The van der Waals surface area contributed by atoms with Crippen molar-refractivity contribution in [3.05, 3.63) is 158 Å². The van der Waals surface area contributed by atoms with E-state index in [0.29, 0.717) is 0 Å². The van der Waals surface area contributed by atoms with Crippen molar-refractivity contribution in [3.63, 3.8) is 0 Å². The topological polar surface area (TPSA) is 62.2 Å². The van der Waals surface area contributed by atoms with Gasteiger partial charge in [-0.3, -0.25) is 4.40 Å². The Balaban J connectivity index is 0.989. The van der Waals surface area contributed by atoms with Crippen LogP contribution in [-0.2, 0) is 0 Å². The predicted molar refractivity (Wildman–Crippen MR) is 191 cm³/mol. The molecule has 0 aliphatic heterocycles. The Morgan fingerprint density at radius 3 is 2.23 bits per heavy atom. The van der Waals surface area contributed by atoms with Gasteiger partial charge < -0.3 is 9.30 Å². The van der Waals surface area contributed by atoms with Crippen LogP contribution in [0.1, 0.15) is 0 Å². The third-order valence-corrected chi connectivity index (χ3v) is 9.07. The van der Waals surface area contributed by atoms with E-state index in [9.17, 15) is 0 Å². The molecule has 0 saturated carbocycles. The molecule has 0 N–H and O–H groups in total. The minimum atomic E-state index is 0.723. The number of imidazole rings is 1. The molecule has 7 heteroatoms. The third kappa shape index (κ3) is 4.11. The lowest BCUT2D eigenvalue weighted by molar-refractivity contribution is 0.483. The van der Waals surface area contributed by atoms with Crippen LogP contribution in [0.3, 0.4) is 0 Å². The molecule has 10 rings (SSSR count). The molecule has 48 heavy (non-hydrogen) atoms. The maximum absolute atomic E-state index is 6.41. The molecule has 0 spiro atoms. The first kappa shape index (κ1) is 26.5. The molecule has 0 unspecified atom stereocenters. The number of rotatable bonds is 5. The van der Waals surface area contributed by atoms with Crippen LogP contribution in [0.4, 0.5) is 0 Å². The summed E-state index contributed by atoms with van der Waals surface area (Å²) in [7, 11) is 0. The Labute approximate surface area is 274 Å². The van der Waals surface area contributed by atoms with E-state index in [-0.39, 0.29) is 0 Å². The minimum Gasteiger partial charge on any atom is -0.457 e. The number of ether oxygens (including phenoxy) is 1. The van der Waals surface area contributed by atoms with Gasteiger partial charge in [0.25, 0.3) is 0 Å². The molecule has 0 bridgehead atoms. The van der Waals surface area contributed by atoms with Crippen molar-refractivity contribution in [3.8, 4) is 34.1 Å². The van der Waals surface area contributed by atoms with E-state index in [1.807, 2.05) is 70.1 Å². The van der Waals surface area contributed by atoms with E-state index in [0.717, 1.165) is 61.6 Å². The smallest absolute Gasteiger partial charge is 0.146 e.